The van der Waals surface area contributed by atoms with Crippen LogP contribution in [0.15, 0.2) is 53.1 Å². The van der Waals surface area contributed by atoms with Gasteiger partial charge in [0.05, 0.1) is 12.1 Å². The fourth-order valence-corrected chi connectivity index (χ4v) is 3.58. The minimum Gasteiger partial charge on any atom is -0.467 e. The largest absolute Gasteiger partial charge is 0.467 e. The Hall–Kier alpha value is -3.12. The Morgan fingerprint density at radius 3 is 2.68 bits per heavy atom. The first-order valence-corrected chi connectivity index (χ1v) is 8.46. The number of aromatic nitrogens is 1. The minimum atomic E-state index is 0.636. The molecule has 3 heteroatoms. The molecule has 0 aliphatic heterocycles. The minimum absolute atomic E-state index is 0.636. The summed E-state index contributed by atoms with van der Waals surface area (Å²) in [6, 6.07) is 14.5. The van der Waals surface area contributed by atoms with E-state index in [2.05, 4.69) is 66.8 Å². The fraction of sp³-hybridized carbons (Fsp3) is 0.182. The number of furan rings is 1. The van der Waals surface area contributed by atoms with Crippen LogP contribution in [0.3, 0.4) is 0 Å². The number of hydrogen-bond acceptors (Lipinski definition) is 1. The van der Waals surface area contributed by atoms with E-state index in [0.29, 0.717) is 11.3 Å². The number of fused-ring (bicyclic) bond motifs is 3. The molecule has 0 N–H and O–H groups in total. The predicted molar refractivity (Wildman–Crippen MR) is 101 cm³/mol. The van der Waals surface area contributed by atoms with Gasteiger partial charge in [-0.3, -0.25) is 0 Å². The van der Waals surface area contributed by atoms with Crippen LogP contribution in [0.25, 0.3) is 38.0 Å². The van der Waals surface area contributed by atoms with E-state index in [1.165, 1.54) is 11.1 Å². The monoisotopic (exact) mass is 327 g/mol. The van der Waals surface area contributed by atoms with Gasteiger partial charge in [-0.1, -0.05) is 25.1 Å². The second-order valence-electron chi connectivity index (χ2n) is 6.34. The molecule has 4 rings (SSSR count). The normalized spacial score (nSPS) is 11.1. The number of rotatable bonds is 2. The van der Waals surface area contributed by atoms with E-state index in [1.54, 1.807) is 0 Å². The Morgan fingerprint density at radius 1 is 1.12 bits per heavy atom. The lowest BCUT2D eigenvalue weighted by atomic mass is 9.97. The second-order valence-corrected chi connectivity index (χ2v) is 6.34. The van der Waals surface area contributed by atoms with E-state index in [0.717, 1.165) is 34.0 Å². The first-order chi connectivity index (χ1) is 12.2. The molecule has 0 bridgehead atoms. The van der Waals surface area contributed by atoms with Gasteiger partial charge in [0.2, 0.25) is 11.4 Å². The third kappa shape index (κ3) is 2.22. The molecule has 0 unspecified atom stereocenters. The molecule has 0 aliphatic rings. The molecule has 0 saturated carbocycles. The number of nitrogens with zero attached hydrogens (tertiary/aromatic N) is 2. The topological polar surface area (TPSA) is 21.4 Å². The summed E-state index contributed by atoms with van der Waals surface area (Å²) < 4.78 is 8.27. The quantitative estimate of drug-likeness (QED) is 0.352. The Kier molecular flexibility index (Phi) is 3.54. The fourth-order valence-electron chi connectivity index (χ4n) is 3.58. The van der Waals surface area contributed by atoms with E-state index in [1.807, 2.05) is 12.1 Å². The van der Waals surface area contributed by atoms with Crippen molar-refractivity contribution in [1.82, 2.24) is 0 Å². The van der Waals surface area contributed by atoms with Gasteiger partial charge in [0.15, 0.2) is 6.20 Å². The number of benzene rings is 2. The van der Waals surface area contributed by atoms with E-state index in [-0.39, 0.29) is 0 Å². The SMILES string of the molecule is [C-]#[N+]c1c(CC)ccc2c1oc1ccc(C)c(-c3cccc[n+]3C)c12. The van der Waals surface area contributed by atoms with Crippen molar-refractivity contribution in [3.8, 4) is 11.3 Å². The molecule has 2 aromatic carbocycles. The molecule has 2 aromatic heterocycles. The maximum Gasteiger partial charge on any atom is 0.232 e. The van der Waals surface area contributed by atoms with Gasteiger partial charge >= 0.3 is 0 Å². The zero-order valence-corrected chi connectivity index (χ0v) is 14.6. The van der Waals surface area contributed by atoms with Crippen LogP contribution in [0.5, 0.6) is 0 Å². The van der Waals surface area contributed by atoms with Gasteiger partial charge in [-0.05, 0) is 36.6 Å². The summed E-state index contributed by atoms with van der Waals surface area (Å²) in [7, 11) is 2.05. The van der Waals surface area contributed by atoms with Crippen molar-refractivity contribution >= 4 is 27.6 Å². The van der Waals surface area contributed by atoms with E-state index in [4.69, 9.17) is 11.0 Å². The van der Waals surface area contributed by atoms with Crippen LogP contribution in [-0.2, 0) is 13.5 Å². The van der Waals surface area contributed by atoms with Crippen LogP contribution < -0.4 is 4.57 Å². The van der Waals surface area contributed by atoms with Gasteiger partial charge in [0, 0.05) is 22.9 Å². The maximum absolute atomic E-state index is 7.60. The molecule has 0 atom stereocenters. The highest BCUT2D eigenvalue weighted by Gasteiger charge is 2.21. The molecule has 0 fully saturated rings. The molecule has 25 heavy (non-hydrogen) atoms. The van der Waals surface area contributed by atoms with Gasteiger partial charge in [-0.2, -0.15) is 0 Å². The summed E-state index contributed by atoms with van der Waals surface area (Å²) >= 11 is 0. The van der Waals surface area contributed by atoms with Crippen molar-refractivity contribution in [2.75, 3.05) is 0 Å². The maximum atomic E-state index is 7.60. The lowest BCUT2D eigenvalue weighted by molar-refractivity contribution is -0.660. The summed E-state index contributed by atoms with van der Waals surface area (Å²) in [6.45, 7) is 11.8. The summed E-state index contributed by atoms with van der Waals surface area (Å²) in [5, 5.41) is 2.10. The first kappa shape index (κ1) is 15.4. The van der Waals surface area contributed by atoms with Crippen molar-refractivity contribution in [3.63, 3.8) is 0 Å². The molecule has 0 saturated heterocycles. The van der Waals surface area contributed by atoms with Gasteiger partial charge in [0.1, 0.15) is 18.2 Å². The van der Waals surface area contributed by atoms with E-state index >= 15 is 0 Å². The van der Waals surface area contributed by atoms with Crippen LogP contribution in [0.2, 0.25) is 0 Å². The average Bonchev–Trinajstić information content (AvgIpc) is 3.00. The molecule has 0 spiro atoms. The van der Waals surface area contributed by atoms with Crippen LogP contribution in [0.1, 0.15) is 18.1 Å². The van der Waals surface area contributed by atoms with Crippen molar-refractivity contribution in [2.45, 2.75) is 20.3 Å². The molecule has 3 nitrogen and oxygen atoms in total. The lowest BCUT2D eigenvalue weighted by Gasteiger charge is -2.06. The van der Waals surface area contributed by atoms with E-state index < -0.39 is 0 Å². The van der Waals surface area contributed by atoms with Gasteiger partial charge in [-0.15, -0.1) is 0 Å². The van der Waals surface area contributed by atoms with Crippen LogP contribution >= 0.6 is 0 Å². The number of hydrogen-bond donors (Lipinski definition) is 0. The molecule has 122 valence electrons. The molecule has 0 amide bonds. The van der Waals surface area contributed by atoms with Crippen LogP contribution in [0.4, 0.5) is 5.69 Å². The first-order valence-electron chi connectivity index (χ1n) is 8.46. The molecule has 4 aromatic rings. The molecular weight excluding hydrogens is 308 g/mol. The van der Waals surface area contributed by atoms with Gasteiger partial charge in [-0.25, -0.2) is 9.41 Å². The second kappa shape index (κ2) is 5.75. The van der Waals surface area contributed by atoms with Gasteiger partial charge < -0.3 is 4.42 Å². The lowest BCUT2D eigenvalue weighted by Crippen LogP contribution is -2.30. The third-order valence-corrected chi connectivity index (χ3v) is 4.88. The molecule has 0 radical (unpaired) electrons. The smallest absolute Gasteiger partial charge is 0.232 e. The molecular formula is C22H19N2O+. The Morgan fingerprint density at radius 2 is 1.96 bits per heavy atom. The number of aryl methyl sites for hydroxylation is 3. The predicted octanol–water partition coefficient (Wildman–Crippen LogP) is 5.50. The van der Waals surface area contributed by atoms with E-state index in [9.17, 15) is 0 Å². The van der Waals surface area contributed by atoms with Crippen molar-refractivity contribution in [3.05, 3.63) is 71.2 Å². The zero-order valence-electron chi connectivity index (χ0n) is 14.6. The Balaban J connectivity index is 2.20. The third-order valence-electron chi connectivity index (χ3n) is 4.88. The molecule has 2 heterocycles. The van der Waals surface area contributed by atoms with Gasteiger partial charge in [0.25, 0.3) is 0 Å². The highest BCUT2D eigenvalue weighted by Crippen LogP contribution is 2.42. The highest BCUT2D eigenvalue weighted by atomic mass is 16.3. The van der Waals surface area contributed by atoms with Crippen molar-refractivity contribution in [1.29, 1.82) is 0 Å². The average molecular weight is 327 g/mol. The summed E-state index contributed by atoms with van der Waals surface area (Å²) in [5.74, 6) is 0. The van der Waals surface area contributed by atoms with Crippen LogP contribution in [-0.4, -0.2) is 0 Å². The number of pyridine rings is 1. The Bertz CT molecular complexity index is 1160. The summed E-state index contributed by atoms with van der Waals surface area (Å²) in [6.07, 6.45) is 2.87. The van der Waals surface area contributed by atoms with Crippen LogP contribution in [0, 0.1) is 13.5 Å². The highest BCUT2D eigenvalue weighted by molar-refractivity contribution is 6.15. The Labute approximate surface area is 147 Å². The summed E-state index contributed by atoms with van der Waals surface area (Å²) in [5.41, 5.74) is 6.70. The van der Waals surface area contributed by atoms with Crippen molar-refractivity contribution in [2.24, 2.45) is 7.05 Å². The summed E-state index contributed by atoms with van der Waals surface area (Å²) in [4.78, 5) is 3.76. The zero-order chi connectivity index (χ0) is 17.6. The molecule has 0 aliphatic carbocycles. The standard InChI is InChI=1S/C22H19N2O/c1-5-15-10-11-16-20-18(25-22(16)21(15)23-3)12-9-14(2)19(20)17-8-6-7-13-24(17)4/h6-13H,5H2,1-2,4H3/q+1. The van der Waals surface area contributed by atoms with Crippen molar-refractivity contribution < 1.29 is 8.98 Å².